The third-order valence-corrected chi connectivity index (χ3v) is 7.19. The van der Waals surface area contributed by atoms with E-state index in [0.29, 0.717) is 28.3 Å². The van der Waals surface area contributed by atoms with Crippen molar-refractivity contribution >= 4 is 29.2 Å². The Hall–Kier alpha value is -4.69. The van der Waals surface area contributed by atoms with Crippen LogP contribution in [0.5, 0.6) is 0 Å². The second-order valence-electron chi connectivity index (χ2n) is 9.63. The standard InChI is InChI=1S/C32H30ClN3O5/c1-20-16-26(33)13-14-27(20)28(17-29(35-40)25-12-15-30(37)36(2)19-25)23-8-4-21(5-9-23)22-6-10-24(11-7-22)32(39)34-18-31(38)41-3/h4-16,19,28,40H,17-18H2,1-3H3,(H,34,39)/b35-29+. The Labute approximate surface area is 242 Å². The molecule has 8 nitrogen and oxygen atoms in total. The van der Waals surface area contributed by atoms with Gasteiger partial charge >= 0.3 is 5.97 Å². The van der Waals surface area contributed by atoms with Gasteiger partial charge in [-0.2, -0.15) is 0 Å². The lowest BCUT2D eigenvalue weighted by molar-refractivity contribution is -0.139. The first-order valence-electron chi connectivity index (χ1n) is 12.9. The fraction of sp³-hybridized carbons (Fsp3) is 0.188. The number of aromatic nitrogens is 1. The molecule has 210 valence electrons. The van der Waals surface area contributed by atoms with Crippen molar-refractivity contribution in [2.75, 3.05) is 13.7 Å². The molecule has 9 heteroatoms. The van der Waals surface area contributed by atoms with Crippen LogP contribution in [0.4, 0.5) is 0 Å². The Morgan fingerprint density at radius 1 is 0.976 bits per heavy atom. The number of nitrogens with zero attached hydrogens (tertiary/aromatic N) is 2. The molecule has 1 amide bonds. The third-order valence-electron chi connectivity index (χ3n) is 6.96. The number of aryl methyl sites for hydroxylation is 2. The first-order chi connectivity index (χ1) is 19.7. The summed E-state index contributed by atoms with van der Waals surface area (Å²) in [6.45, 7) is 1.80. The number of esters is 1. The Balaban J connectivity index is 1.62. The maximum atomic E-state index is 12.3. The summed E-state index contributed by atoms with van der Waals surface area (Å²) in [7, 11) is 2.92. The summed E-state index contributed by atoms with van der Waals surface area (Å²) in [5, 5.41) is 16.7. The molecule has 1 heterocycles. The number of amides is 1. The van der Waals surface area contributed by atoms with E-state index in [1.807, 2.05) is 61.5 Å². The van der Waals surface area contributed by atoms with E-state index in [-0.39, 0.29) is 23.9 Å². The topological polar surface area (TPSA) is 110 Å². The van der Waals surface area contributed by atoms with E-state index in [2.05, 4.69) is 15.2 Å². The third kappa shape index (κ3) is 7.10. The number of carbonyl (C=O) groups excluding carboxylic acids is 2. The molecule has 0 bridgehead atoms. The van der Waals surface area contributed by atoms with Crippen LogP contribution >= 0.6 is 11.6 Å². The molecule has 0 saturated heterocycles. The number of hydrogen-bond acceptors (Lipinski definition) is 6. The molecular weight excluding hydrogens is 542 g/mol. The summed E-state index contributed by atoms with van der Waals surface area (Å²) in [6, 6.07) is 24.0. The lowest BCUT2D eigenvalue weighted by Crippen LogP contribution is -2.30. The minimum atomic E-state index is -0.520. The molecule has 0 saturated carbocycles. The van der Waals surface area contributed by atoms with E-state index >= 15 is 0 Å². The number of ether oxygens (including phenoxy) is 1. The van der Waals surface area contributed by atoms with E-state index in [0.717, 1.165) is 27.8 Å². The van der Waals surface area contributed by atoms with Crippen LogP contribution in [0.25, 0.3) is 11.1 Å². The average molecular weight is 572 g/mol. The van der Waals surface area contributed by atoms with Gasteiger partial charge in [0, 0.05) is 47.8 Å². The van der Waals surface area contributed by atoms with Crippen molar-refractivity contribution in [3.63, 3.8) is 0 Å². The summed E-state index contributed by atoms with van der Waals surface area (Å²) in [5.41, 5.74) is 6.30. The van der Waals surface area contributed by atoms with Crippen LogP contribution in [0, 0.1) is 6.92 Å². The Morgan fingerprint density at radius 3 is 2.20 bits per heavy atom. The van der Waals surface area contributed by atoms with Crippen molar-refractivity contribution in [3.05, 3.63) is 128 Å². The highest BCUT2D eigenvalue weighted by Crippen LogP contribution is 2.34. The van der Waals surface area contributed by atoms with Crippen molar-refractivity contribution in [2.24, 2.45) is 12.2 Å². The quantitative estimate of drug-likeness (QED) is 0.122. The van der Waals surface area contributed by atoms with Gasteiger partial charge < -0.3 is 19.8 Å². The highest BCUT2D eigenvalue weighted by Gasteiger charge is 2.21. The van der Waals surface area contributed by atoms with Gasteiger partial charge in [0.05, 0.1) is 12.8 Å². The molecular formula is C32H30ClN3O5. The molecule has 1 atom stereocenters. The zero-order chi connectivity index (χ0) is 29.5. The van der Waals surface area contributed by atoms with Crippen LogP contribution in [0.1, 0.15) is 45.0 Å². The Morgan fingerprint density at radius 2 is 1.61 bits per heavy atom. The second-order valence-corrected chi connectivity index (χ2v) is 10.1. The lowest BCUT2D eigenvalue weighted by Gasteiger charge is -2.21. The molecule has 4 aromatic rings. The van der Waals surface area contributed by atoms with Crippen molar-refractivity contribution in [2.45, 2.75) is 19.3 Å². The van der Waals surface area contributed by atoms with E-state index in [1.165, 1.54) is 17.7 Å². The van der Waals surface area contributed by atoms with Gasteiger partial charge in [-0.15, -0.1) is 0 Å². The number of nitrogens with one attached hydrogen (secondary N) is 1. The fourth-order valence-electron chi connectivity index (χ4n) is 4.66. The van der Waals surface area contributed by atoms with Crippen LogP contribution in [-0.4, -0.2) is 41.0 Å². The van der Waals surface area contributed by atoms with E-state index in [9.17, 15) is 19.6 Å². The van der Waals surface area contributed by atoms with Gasteiger partial charge in [0.2, 0.25) is 5.56 Å². The lowest BCUT2D eigenvalue weighted by atomic mass is 9.83. The van der Waals surface area contributed by atoms with Crippen LogP contribution in [0.2, 0.25) is 5.02 Å². The molecule has 4 rings (SSSR count). The summed E-state index contributed by atoms with van der Waals surface area (Å²) in [6.07, 6.45) is 2.04. The monoisotopic (exact) mass is 571 g/mol. The number of pyridine rings is 1. The summed E-state index contributed by atoms with van der Waals surface area (Å²) in [4.78, 5) is 35.5. The zero-order valence-electron chi connectivity index (χ0n) is 22.9. The van der Waals surface area contributed by atoms with E-state index < -0.39 is 5.97 Å². The second kappa shape index (κ2) is 13.1. The number of carbonyl (C=O) groups is 2. The smallest absolute Gasteiger partial charge is 0.325 e. The largest absolute Gasteiger partial charge is 0.468 e. The van der Waals surface area contributed by atoms with Crippen molar-refractivity contribution < 1.29 is 19.5 Å². The predicted molar refractivity (Wildman–Crippen MR) is 159 cm³/mol. The van der Waals surface area contributed by atoms with Crippen LogP contribution in [-0.2, 0) is 16.6 Å². The first kappa shape index (κ1) is 29.3. The minimum absolute atomic E-state index is 0.151. The van der Waals surface area contributed by atoms with E-state index in [1.54, 1.807) is 31.4 Å². The molecule has 3 aromatic carbocycles. The highest BCUT2D eigenvalue weighted by atomic mass is 35.5. The van der Waals surface area contributed by atoms with Gasteiger partial charge in [-0.25, -0.2) is 0 Å². The van der Waals surface area contributed by atoms with Gasteiger partial charge in [0.25, 0.3) is 5.91 Å². The van der Waals surface area contributed by atoms with Crippen LogP contribution in [0.15, 0.2) is 95.0 Å². The molecule has 0 aliphatic heterocycles. The molecule has 41 heavy (non-hydrogen) atoms. The molecule has 0 fully saturated rings. The summed E-state index contributed by atoms with van der Waals surface area (Å²) in [5.74, 6) is -1.04. The SMILES string of the molecule is COC(=O)CNC(=O)c1ccc(-c2ccc(C(C/C(=N\O)c3ccc(=O)n(C)c3)c3ccc(Cl)cc3C)cc2)cc1. The Kier molecular flexibility index (Phi) is 9.37. The molecule has 2 N–H and O–H groups in total. The molecule has 1 aromatic heterocycles. The molecule has 0 radical (unpaired) electrons. The zero-order valence-corrected chi connectivity index (χ0v) is 23.7. The average Bonchev–Trinajstić information content (AvgIpc) is 2.98. The number of halogens is 1. The van der Waals surface area contributed by atoms with Gasteiger partial charge in [0.15, 0.2) is 0 Å². The number of hydrogen-bond donors (Lipinski definition) is 2. The van der Waals surface area contributed by atoms with Crippen LogP contribution in [0.3, 0.4) is 0 Å². The fourth-order valence-corrected chi connectivity index (χ4v) is 4.89. The Bertz CT molecular complexity index is 1640. The van der Waals surface area contributed by atoms with Gasteiger partial charge in [-0.3, -0.25) is 14.4 Å². The maximum Gasteiger partial charge on any atom is 0.325 e. The molecule has 1 unspecified atom stereocenters. The number of benzene rings is 3. The number of methoxy groups -OCH3 is 1. The highest BCUT2D eigenvalue weighted by molar-refractivity contribution is 6.30. The van der Waals surface area contributed by atoms with Crippen molar-refractivity contribution in [1.29, 1.82) is 0 Å². The number of rotatable bonds is 9. The van der Waals surface area contributed by atoms with Gasteiger partial charge in [-0.1, -0.05) is 59.2 Å². The van der Waals surface area contributed by atoms with Crippen molar-refractivity contribution in [1.82, 2.24) is 9.88 Å². The summed E-state index contributed by atoms with van der Waals surface area (Å²) < 4.78 is 6.00. The molecule has 0 aliphatic rings. The minimum Gasteiger partial charge on any atom is -0.468 e. The number of oxime groups is 1. The van der Waals surface area contributed by atoms with Crippen LogP contribution < -0.4 is 10.9 Å². The normalized spacial score (nSPS) is 12.0. The van der Waals surface area contributed by atoms with E-state index in [4.69, 9.17) is 11.6 Å². The summed E-state index contributed by atoms with van der Waals surface area (Å²) >= 11 is 6.24. The maximum absolute atomic E-state index is 12.3. The molecule has 0 aliphatic carbocycles. The molecule has 0 spiro atoms. The van der Waals surface area contributed by atoms with Gasteiger partial charge in [-0.05, 0) is 65.1 Å². The van der Waals surface area contributed by atoms with Crippen molar-refractivity contribution in [3.8, 4) is 11.1 Å². The predicted octanol–water partition coefficient (Wildman–Crippen LogP) is 5.32. The first-order valence-corrected chi connectivity index (χ1v) is 13.3. The van der Waals surface area contributed by atoms with Gasteiger partial charge in [0.1, 0.15) is 6.54 Å².